The number of ether oxygens (including phenoxy) is 1. The van der Waals surface area contributed by atoms with E-state index in [1.54, 1.807) is 6.20 Å². The van der Waals surface area contributed by atoms with Crippen molar-refractivity contribution >= 4 is 0 Å². The van der Waals surface area contributed by atoms with Crippen LogP contribution in [0.4, 0.5) is 0 Å². The van der Waals surface area contributed by atoms with Crippen molar-refractivity contribution in [3.8, 4) is 0 Å². The molecule has 1 N–H and O–H groups in total. The van der Waals surface area contributed by atoms with Crippen LogP contribution in [0.3, 0.4) is 0 Å². The van der Waals surface area contributed by atoms with Crippen LogP contribution in [-0.2, 0) is 4.74 Å². The molecule has 0 aromatic carbocycles. The predicted molar refractivity (Wildman–Crippen MR) is 71.3 cm³/mol. The first-order valence-electron chi connectivity index (χ1n) is 7.01. The quantitative estimate of drug-likeness (QED) is 0.806. The Labute approximate surface area is 109 Å². The average Bonchev–Trinajstić information content (AvgIpc) is 2.92. The molecule has 2 atom stereocenters. The summed E-state index contributed by atoms with van der Waals surface area (Å²) in [4.78, 5) is 0. The molecule has 4 heteroatoms. The first kappa shape index (κ1) is 13.4. The van der Waals surface area contributed by atoms with Crippen LogP contribution >= 0.6 is 0 Å². The van der Waals surface area contributed by atoms with E-state index in [0.29, 0.717) is 12.1 Å². The molecule has 2 heterocycles. The zero-order chi connectivity index (χ0) is 12.6. The van der Waals surface area contributed by atoms with Gasteiger partial charge in [0.05, 0.1) is 12.3 Å². The first-order valence-corrected chi connectivity index (χ1v) is 7.01. The zero-order valence-electron chi connectivity index (χ0n) is 11.1. The van der Waals surface area contributed by atoms with Crippen LogP contribution in [0.2, 0.25) is 0 Å². The molecule has 0 aliphatic carbocycles. The van der Waals surface area contributed by atoms with Crippen LogP contribution in [0.15, 0.2) is 18.5 Å². The van der Waals surface area contributed by atoms with Gasteiger partial charge in [0.15, 0.2) is 0 Å². The Balaban J connectivity index is 1.79. The highest BCUT2D eigenvalue weighted by Gasteiger charge is 2.16. The largest absolute Gasteiger partial charge is 0.378 e. The molecule has 100 valence electrons. The van der Waals surface area contributed by atoms with Crippen molar-refractivity contribution in [1.82, 2.24) is 15.5 Å². The summed E-state index contributed by atoms with van der Waals surface area (Å²) in [6.07, 6.45) is 10.1. The summed E-state index contributed by atoms with van der Waals surface area (Å²) < 4.78 is 5.66. The van der Waals surface area contributed by atoms with Gasteiger partial charge in [0.1, 0.15) is 0 Å². The lowest BCUT2D eigenvalue weighted by Gasteiger charge is -2.18. The molecule has 1 aromatic heterocycles. The molecule has 2 rings (SSSR count). The summed E-state index contributed by atoms with van der Waals surface area (Å²) in [7, 11) is 0. The summed E-state index contributed by atoms with van der Waals surface area (Å²) in [5, 5.41) is 11.3. The van der Waals surface area contributed by atoms with Crippen molar-refractivity contribution < 1.29 is 4.74 Å². The van der Waals surface area contributed by atoms with Crippen LogP contribution < -0.4 is 5.32 Å². The van der Waals surface area contributed by atoms with Crippen LogP contribution in [0, 0.1) is 0 Å². The van der Waals surface area contributed by atoms with Gasteiger partial charge in [0.2, 0.25) is 0 Å². The van der Waals surface area contributed by atoms with Crippen molar-refractivity contribution in [1.29, 1.82) is 0 Å². The molecule has 2 unspecified atom stereocenters. The maximum Gasteiger partial charge on any atom is 0.0576 e. The van der Waals surface area contributed by atoms with Gasteiger partial charge in [0.25, 0.3) is 0 Å². The van der Waals surface area contributed by atoms with Gasteiger partial charge in [-0.25, -0.2) is 0 Å². The summed E-state index contributed by atoms with van der Waals surface area (Å²) in [6, 6.07) is 2.44. The van der Waals surface area contributed by atoms with Crippen LogP contribution in [0.5, 0.6) is 0 Å². The van der Waals surface area contributed by atoms with E-state index in [4.69, 9.17) is 4.74 Å². The number of hydrogen-bond acceptors (Lipinski definition) is 4. The highest BCUT2D eigenvalue weighted by atomic mass is 16.5. The molecular formula is C14H23N3O. The van der Waals surface area contributed by atoms with Crippen molar-refractivity contribution in [2.75, 3.05) is 13.2 Å². The second-order valence-corrected chi connectivity index (χ2v) is 4.85. The summed E-state index contributed by atoms with van der Waals surface area (Å²) in [6.45, 7) is 4.07. The average molecular weight is 249 g/mol. The van der Waals surface area contributed by atoms with E-state index in [2.05, 4.69) is 22.4 Å². The highest BCUT2D eigenvalue weighted by Crippen LogP contribution is 2.22. The van der Waals surface area contributed by atoms with Gasteiger partial charge in [-0.05, 0) is 50.3 Å². The lowest BCUT2D eigenvalue weighted by atomic mass is 10.0. The number of nitrogens with one attached hydrogen (secondary N) is 1. The molecule has 0 spiro atoms. The molecule has 1 aromatic rings. The minimum Gasteiger partial charge on any atom is -0.378 e. The third kappa shape index (κ3) is 4.03. The standard InChI is InChI=1S/C14H23N3O/c1-2-15-14(12-8-9-16-17-11-12)7-3-5-13-6-4-10-18-13/h8-9,11,13-15H,2-7,10H2,1H3. The van der Waals surface area contributed by atoms with Gasteiger partial charge in [-0.1, -0.05) is 6.92 Å². The van der Waals surface area contributed by atoms with Crippen molar-refractivity contribution in [3.05, 3.63) is 24.0 Å². The first-order chi connectivity index (χ1) is 8.90. The van der Waals surface area contributed by atoms with E-state index >= 15 is 0 Å². The minimum atomic E-state index is 0.395. The molecule has 1 aliphatic heterocycles. The Bertz CT molecular complexity index is 325. The fourth-order valence-electron chi connectivity index (χ4n) is 2.56. The van der Waals surface area contributed by atoms with Gasteiger partial charge in [-0.2, -0.15) is 10.2 Å². The minimum absolute atomic E-state index is 0.395. The smallest absolute Gasteiger partial charge is 0.0576 e. The number of rotatable bonds is 7. The third-order valence-electron chi connectivity index (χ3n) is 3.50. The monoisotopic (exact) mass is 249 g/mol. The second-order valence-electron chi connectivity index (χ2n) is 4.85. The van der Waals surface area contributed by atoms with Gasteiger partial charge < -0.3 is 10.1 Å². The second kappa shape index (κ2) is 7.44. The van der Waals surface area contributed by atoms with E-state index in [1.165, 1.54) is 31.2 Å². The molecule has 4 nitrogen and oxygen atoms in total. The number of aromatic nitrogens is 2. The Morgan fingerprint density at radius 3 is 3.11 bits per heavy atom. The van der Waals surface area contributed by atoms with E-state index < -0.39 is 0 Å². The lowest BCUT2D eigenvalue weighted by molar-refractivity contribution is 0.101. The van der Waals surface area contributed by atoms with Crippen molar-refractivity contribution in [3.63, 3.8) is 0 Å². The van der Waals surface area contributed by atoms with E-state index in [0.717, 1.165) is 19.6 Å². The van der Waals surface area contributed by atoms with Crippen LogP contribution in [0.25, 0.3) is 0 Å². The summed E-state index contributed by atoms with van der Waals surface area (Å²) >= 11 is 0. The normalized spacial score (nSPS) is 21.1. The maximum atomic E-state index is 5.66. The molecule has 1 saturated heterocycles. The van der Waals surface area contributed by atoms with Crippen molar-refractivity contribution in [2.45, 2.75) is 51.2 Å². The number of nitrogens with zero attached hydrogens (tertiary/aromatic N) is 2. The van der Waals surface area contributed by atoms with E-state index in [9.17, 15) is 0 Å². The van der Waals surface area contributed by atoms with Gasteiger partial charge in [-0.15, -0.1) is 0 Å². The third-order valence-corrected chi connectivity index (χ3v) is 3.50. The lowest BCUT2D eigenvalue weighted by Crippen LogP contribution is -2.21. The van der Waals surface area contributed by atoms with Crippen molar-refractivity contribution in [2.24, 2.45) is 0 Å². The fourth-order valence-corrected chi connectivity index (χ4v) is 2.56. The SMILES string of the molecule is CCNC(CCCC1CCCO1)c1ccnnc1. The van der Waals surface area contributed by atoms with E-state index in [-0.39, 0.29) is 0 Å². The Morgan fingerprint density at radius 2 is 2.44 bits per heavy atom. The molecule has 0 bridgehead atoms. The highest BCUT2D eigenvalue weighted by molar-refractivity contribution is 5.11. The van der Waals surface area contributed by atoms with Crippen LogP contribution in [0.1, 0.15) is 50.6 Å². The van der Waals surface area contributed by atoms with E-state index in [1.807, 2.05) is 12.3 Å². The maximum absolute atomic E-state index is 5.66. The van der Waals surface area contributed by atoms with Gasteiger partial charge >= 0.3 is 0 Å². The molecule has 0 radical (unpaired) electrons. The predicted octanol–water partition coefficient (Wildman–Crippen LogP) is 2.48. The molecule has 1 aliphatic rings. The summed E-state index contributed by atoms with van der Waals surface area (Å²) in [5.41, 5.74) is 1.24. The molecule has 18 heavy (non-hydrogen) atoms. The summed E-state index contributed by atoms with van der Waals surface area (Å²) in [5.74, 6) is 0. The fraction of sp³-hybridized carbons (Fsp3) is 0.714. The topological polar surface area (TPSA) is 47.0 Å². The molecule has 0 saturated carbocycles. The number of hydrogen-bond donors (Lipinski definition) is 1. The van der Waals surface area contributed by atoms with Gasteiger partial charge in [0, 0.05) is 18.8 Å². The zero-order valence-corrected chi connectivity index (χ0v) is 11.1. The Kier molecular flexibility index (Phi) is 5.55. The molecule has 0 amide bonds. The molecule has 1 fully saturated rings. The Morgan fingerprint density at radius 1 is 1.50 bits per heavy atom. The van der Waals surface area contributed by atoms with Gasteiger partial charge in [-0.3, -0.25) is 0 Å². The molecular weight excluding hydrogens is 226 g/mol. The van der Waals surface area contributed by atoms with Crippen LogP contribution in [-0.4, -0.2) is 29.5 Å². The Hall–Kier alpha value is -1.00.